The highest BCUT2D eigenvalue weighted by Crippen LogP contribution is 2.34. The number of amides is 1. The number of pyridine rings is 1. The molecule has 0 aromatic carbocycles. The monoisotopic (exact) mass is 326 g/mol. The Labute approximate surface area is 141 Å². The van der Waals surface area contributed by atoms with E-state index in [9.17, 15) is 4.79 Å². The van der Waals surface area contributed by atoms with Gasteiger partial charge in [-0.25, -0.2) is 4.98 Å². The highest BCUT2D eigenvalue weighted by Gasteiger charge is 2.37. The minimum absolute atomic E-state index is 0.0174. The molecule has 0 radical (unpaired) electrons. The predicted octanol–water partition coefficient (Wildman–Crippen LogP) is 2.51. The summed E-state index contributed by atoms with van der Waals surface area (Å²) in [6, 6.07) is 8.25. The van der Waals surface area contributed by atoms with Crippen LogP contribution in [0.1, 0.15) is 35.5 Å². The molecule has 0 aliphatic carbocycles. The molecular formula is C18H22N4O2. The molecule has 2 aliphatic heterocycles. The molecule has 0 spiro atoms. The van der Waals surface area contributed by atoms with Gasteiger partial charge in [-0.2, -0.15) is 0 Å². The summed E-state index contributed by atoms with van der Waals surface area (Å²) in [5, 5.41) is 3.87. The van der Waals surface area contributed by atoms with Gasteiger partial charge in [0.15, 0.2) is 5.69 Å². The molecule has 6 heteroatoms. The SMILES string of the molecule is Cc1cc(C(=O)N2CC[C@H]3CCN(c4ccccn4)[C@H]3CC2)no1. The highest BCUT2D eigenvalue weighted by atomic mass is 16.5. The Balaban J connectivity index is 1.48. The van der Waals surface area contributed by atoms with E-state index in [2.05, 4.69) is 21.1 Å². The van der Waals surface area contributed by atoms with Crippen molar-refractivity contribution >= 4 is 11.7 Å². The minimum Gasteiger partial charge on any atom is -0.361 e. The van der Waals surface area contributed by atoms with Crippen LogP contribution in [0.15, 0.2) is 35.0 Å². The normalized spacial score (nSPS) is 23.9. The second-order valence-electron chi connectivity index (χ2n) is 6.69. The van der Waals surface area contributed by atoms with Crippen molar-refractivity contribution in [2.24, 2.45) is 5.92 Å². The van der Waals surface area contributed by atoms with Crippen molar-refractivity contribution in [1.82, 2.24) is 15.0 Å². The molecule has 2 fully saturated rings. The van der Waals surface area contributed by atoms with Gasteiger partial charge in [0.05, 0.1) is 0 Å². The molecule has 0 N–H and O–H groups in total. The van der Waals surface area contributed by atoms with Crippen LogP contribution in [0.25, 0.3) is 0 Å². The molecule has 2 atom stereocenters. The van der Waals surface area contributed by atoms with Crippen LogP contribution in [-0.2, 0) is 0 Å². The summed E-state index contributed by atoms with van der Waals surface area (Å²) in [5.74, 6) is 2.34. The van der Waals surface area contributed by atoms with Gasteiger partial charge >= 0.3 is 0 Å². The van der Waals surface area contributed by atoms with Gasteiger partial charge in [0.2, 0.25) is 0 Å². The molecule has 2 aliphatic rings. The van der Waals surface area contributed by atoms with Crippen LogP contribution >= 0.6 is 0 Å². The number of nitrogens with zero attached hydrogens (tertiary/aromatic N) is 4. The van der Waals surface area contributed by atoms with E-state index in [0.29, 0.717) is 23.4 Å². The third-order valence-electron chi connectivity index (χ3n) is 5.23. The Morgan fingerprint density at radius 2 is 2.04 bits per heavy atom. The second-order valence-corrected chi connectivity index (χ2v) is 6.69. The molecule has 2 aromatic heterocycles. The summed E-state index contributed by atoms with van der Waals surface area (Å²) in [5.41, 5.74) is 0.418. The fourth-order valence-electron chi connectivity index (χ4n) is 4.01. The van der Waals surface area contributed by atoms with E-state index < -0.39 is 0 Å². The maximum absolute atomic E-state index is 12.6. The van der Waals surface area contributed by atoms with Crippen molar-refractivity contribution in [2.45, 2.75) is 32.2 Å². The molecule has 0 bridgehead atoms. The Hall–Kier alpha value is -2.37. The smallest absolute Gasteiger partial charge is 0.276 e. The molecule has 4 heterocycles. The molecule has 126 valence electrons. The predicted molar refractivity (Wildman–Crippen MR) is 89.9 cm³/mol. The Morgan fingerprint density at radius 1 is 1.21 bits per heavy atom. The summed E-state index contributed by atoms with van der Waals surface area (Å²) in [7, 11) is 0. The molecular weight excluding hydrogens is 304 g/mol. The van der Waals surface area contributed by atoms with Gasteiger partial charge in [0.25, 0.3) is 5.91 Å². The first-order valence-corrected chi connectivity index (χ1v) is 8.62. The van der Waals surface area contributed by atoms with Gasteiger partial charge in [-0.3, -0.25) is 4.79 Å². The number of aryl methyl sites for hydroxylation is 1. The van der Waals surface area contributed by atoms with Gasteiger partial charge in [-0.05, 0) is 44.2 Å². The number of hydrogen-bond acceptors (Lipinski definition) is 5. The Bertz CT molecular complexity index is 715. The number of aromatic nitrogens is 2. The largest absolute Gasteiger partial charge is 0.361 e. The standard InChI is InChI=1S/C18H22N4O2/c1-13-12-15(20-24-13)18(23)21-9-5-14-6-11-22(16(14)7-10-21)17-4-2-3-8-19-17/h2-4,8,12,14,16H,5-7,9-11H2,1H3/t14-,16-/m0/s1. The average molecular weight is 326 g/mol. The third kappa shape index (κ3) is 2.77. The number of likely N-dealkylation sites (tertiary alicyclic amines) is 1. The maximum atomic E-state index is 12.6. The van der Waals surface area contributed by atoms with Crippen LogP contribution < -0.4 is 4.90 Å². The Kier molecular flexibility index (Phi) is 3.96. The number of carbonyl (C=O) groups excluding carboxylic acids is 1. The molecule has 4 rings (SSSR count). The van der Waals surface area contributed by atoms with Crippen molar-refractivity contribution in [1.29, 1.82) is 0 Å². The van der Waals surface area contributed by atoms with Gasteiger partial charge < -0.3 is 14.3 Å². The zero-order valence-corrected chi connectivity index (χ0v) is 13.9. The van der Waals surface area contributed by atoms with Crippen LogP contribution in [0.3, 0.4) is 0 Å². The van der Waals surface area contributed by atoms with Gasteiger partial charge in [0.1, 0.15) is 11.6 Å². The maximum Gasteiger partial charge on any atom is 0.276 e. The summed E-state index contributed by atoms with van der Waals surface area (Å²) in [6.45, 7) is 4.42. The highest BCUT2D eigenvalue weighted by molar-refractivity contribution is 5.92. The van der Waals surface area contributed by atoms with Crippen molar-refractivity contribution in [3.8, 4) is 0 Å². The molecule has 24 heavy (non-hydrogen) atoms. The first-order valence-electron chi connectivity index (χ1n) is 8.62. The van der Waals surface area contributed by atoms with E-state index in [1.807, 2.05) is 23.2 Å². The third-order valence-corrected chi connectivity index (χ3v) is 5.23. The van der Waals surface area contributed by atoms with Crippen LogP contribution in [0, 0.1) is 12.8 Å². The van der Waals surface area contributed by atoms with Crippen LogP contribution in [0.2, 0.25) is 0 Å². The lowest BCUT2D eigenvalue weighted by molar-refractivity contribution is 0.0748. The van der Waals surface area contributed by atoms with E-state index in [4.69, 9.17) is 4.52 Å². The summed E-state index contributed by atoms with van der Waals surface area (Å²) in [4.78, 5) is 21.5. The lowest BCUT2D eigenvalue weighted by atomic mass is 9.96. The number of carbonyl (C=O) groups is 1. The van der Waals surface area contributed by atoms with Crippen molar-refractivity contribution in [2.75, 3.05) is 24.5 Å². The quantitative estimate of drug-likeness (QED) is 0.848. The summed E-state index contributed by atoms with van der Waals surface area (Å²) in [6.07, 6.45) is 5.04. The van der Waals surface area contributed by atoms with Gasteiger partial charge in [-0.15, -0.1) is 0 Å². The summed E-state index contributed by atoms with van der Waals surface area (Å²) >= 11 is 0. The minimum atomic E-state index is -0.0174. The fourth-order valence-corrected chi connectivity index (χ4v) is 4.01. The number of hydrogen-bond donors (Lipinski definition) is 0. The molecule has 6 nitrogen and oxygen atoms in total. The van der Waals surface area contributed by atoms with Crippen LogP contribution in [0.5, 0.6) is 0 Å². The van der Waals surface area contributed by atoms with E-state index in [1.54, 1.807) is 13.0 Å². The number of fused-ring (bicyclic) bond motifs is 1. The van der Waals surface area contributed by atoms with E-state index in [0.717, 1.165) is 38.3 Å². The number of anilines is 1. The van der Waals surface area contributed by atoms with Crippen LogP contribution in [-0.4, -0.2) is 46.6 Å². The van der Waals surface area contributed by atoms with E-state index >= 15 is 0 Å². The lowest BCUT2D eigenvalue weighted by Gasteiger charge is -2.28. The zero-order valence-electron chi connectivity index (χ0n) is 13.9. The van der Waals surface area contributed by atoms with Crippen molar-refractivity contribution in [3.63, 3.8) is 0 Å². The molecule has 0 unspecified atom stereocenters. The molecule has 2 aromatic rings. The van der Waals surface area contributed by atoms with Crippen molar-refractivity contribution in [3.05, 3.63) is 41.9 Å². The molecule has 0 saturated carbocycles. The molecule has 2 saturated heterocycles. The molecule has 1 amide bonds. The first-order chi connectivity index (χ1) is 11.7. The topological polar surface area (TPSA) is 62.5 Å². The second kappa shape index (κ2) is 6.26. The average Bonchev–Trinajstić information content (AvgIpc) is 3.16. The van der Waals surface area contributed by atoms with Gasteiger partial charge in [0, 0.05) is 37.9 Å². The lowest BCUT2D eigenvalue weighted by Crippen LogP contribution is -2.36. The number of rotatable bonds is 2. The first kappa shape index (κ1) is 15.2. The van der Waals surface area contributed by atoms with E-state index in [-0.39, 0.29) is 5.91 Å². The van der Waals surface area contributed by atoms with Crippen LogP contribution in [0.4, 0.5) is 5.82 Å². The summed E-state index contributed by atoms with van der Waals surface area (Å²) < 4.78 is 5.04. The van der Waals surface area contributed by atoms with E-state index in [1.165, 1.54) is 6.42 Å². The van der Waals surface area contributed by atoms with Gasteiger partial charge in [-0.1, -0.05) is 11.2 Å². The Morgan fingerprint density at radius 3 is 2.79 bits per heavy atom. The van der Waals surface area contributed by atoms with Crippen molar-refractivity contribution < 1.29 is 9.32 Å². The fraction of sp³-hybridized carbons (Fsp3) is 0.500. The zero-order chi connectivity index (χ0) is 16.5.